The van der Waals surface area contributed by atoms with Crippen molar-refractivity contribution in [1.82, 2.24) is 5.32 Å². The minimum absolute atomic E-state index is 0.0579. The van der Waals surface area contributed by atoms with Crippen molar-refractivity contribution < 1.29 is 9.47 Å². The molecule has 2 saturated heterocycles. The molecule has 1 N–H and O–H groups in total. The highest BCUT2D eigenvalue weighted by molar-refractivity contribution is 4.92. The molecule has 19 heavy (non-hydrogen) atoms. The van der Waals surface area contributed by atoms with Gasteiger partial charge in [0, 0.05) is 25.7 Å². The van der Waals surface area contributed by atoms with Crippen molar-refractivity contribution in [2.24, 2.45) is 17.8 Å². The summed E-state index contributed by atoms with van der Waals surface area (Å²) in [6.45, 7) is 13.0. The molecule has 0 radical (unpaired) electrons. The summed E-state index contributed by atoms with van der Waals surface area (Å²) >= 11 is 0. The van der Waals surface area contributed by atoms with Crippen LogP contribution in [0.4, 0.5) is 0 Å². The lowest BCUT2D eigenvalue weighted by atomic mass is 9.74. The quantitative estimate of drug-likeness (QED) is 0.832. The number of hydrogen-bond acceptors (Lipinski definition) is 3. The van der Waals surface area contributed by atoms with Gasteiger partial charge in [-0.1, -0.05) is 27.7 Å². The fourth-order valence-corrected chi connectivity index (χ4v) is 3.45. The second kappa shape index (κ2) is 6.55. The maximum absolute atomic E-state index is 6.04. The number of ether oxygens (including phenoxy) is 2. The first-order chi connectivity index (χ1) is 9.02. The molecule has 112 valence electrons. The van der Waals surface area contributed by atoms with Crippen LogP contribution in [-0.4, -0.2) is 38.0 Å². The van der Waals surface area contributed by atoms with Gasteiger partial charge in [-0.25, -0.2) is 0 Å². The van der Waals surface area contributed by atoms with E-state index < -0.39 is 0 Å². The smallest absolute Gasteiger partial charge is 0.0939 e. The second-order valence-electron chi connectivity index (χ2n) is 6.99. The summed E-state index contributed by atoms with van der Waals surface area (Å²) in [5, 5.41) is 3.57. The Hall–Kier alpha value is -0.120. The molecule has 4 unspecified atom stereocenters. The minimum atomic E-state index is 0.0579. The molecule has 3 heteroatoms. The zero-order valence-electron chi connectivity index (χ0n) is 13.1. The van der Waals surface area contributed by atoms with E-state index >= 15 is 0 Å². The Bertz CT molecular complexity index is 274. The summed E-state index contributed by atoms with van der Waals surface area (Å²) in [6, 6.07) is 0.582. The molecule has 3 nitrogen and oxygen atoms in total. The van der Waals surface area contributed by atoms with Crippen LogP contribution >= 0.6 is 0 Å². The summed E-state index contributed by atoms with van der Waals surface area (Å²) < 4.78 is 11.6. The first-order valence-electron chi connectivity index (χ1n) is 7.97. The van der Waals surface area contributed by atoms with Gasteiger partial charge < -0.3 is 14.8 Å². The maximum Gasteiger partial charge on any atom is 0.0939 e. The van der Waals surface area contributed by atoms with Gasteiger partial charge in [0.1, 0.15) is 0 Å². The Morgan fingerprint density at radius 2 is 2.00 bits per heavy atom. The molecule has 2 fully saturated rings. The monoisotopic (exact) mass is 269 g/mol. The third-order valence-electron chi connectivity index (χ3n) is 5.09. The Kier molecular flexibility index (Phi) is 5.27. The summed E-state index contributed by atoms with van der Waals surface area (Å²) in [7, 11) is 0. The molecule has 0 saturated carbocycles. The lowest BCUT2D eigenvalue weighted by molar-refractivity contribution is -0.108. The number of nitrogens with one attached hydrogen (secondary N) is 1. The SMILES string of the molecule is CC(C)NCC(C)C(C)C1CCOC2(CCOC2)C1. The molecule has 2 aliphatic rings. The third-order valence-corrected chi connectivity index (χ3v) is 5.09. The highest BCUT2D eigenvalue weighted by atomic mass is 16.6. The highest BCUT2D eigenvalue weighted by Gasteiger charge is 2.42. The van der Waals surface area contributed by atoms with Gasteiger partial charge in [0.25, 0.3) is 0 Å². The average molecular weight is 269 g/mol. The molecule has 0 amide bonds. The van der Waals surface area contributed by atoms with Crippen LogP contribution in [0, 0.1) is 17.8 Å². The van der Waals surface area contributed by atoms with Crippen molar-refractivity contribution in [1.29, 1.82) is 0 Å². The van der Waals surface area contributed by atoms with E-state index in [-0.39, 0.29) is 5.60 Å². The van der Waals surface area contributed by atoms with Gasteiger partial charge in [-0.15, -0.1) is 0 Å². The molecule has 4 atom stereocenters. The zero-order chi connectivity index (χ0) is 13.9. The molecular formula is C16H31NO2. The molecule has 2 heterocycles. The number of rotatable bonds is 5. The Morgan fingerprint density at radius 1 is 1.21 bits per heavy atom. The van der Waals surface area contributed by atoms with E-state index in [0.29, 0.717) is 6.04 Å². The van der Waals surface area contributed by atoms with Gasteiger partial charge in [0.05, 0.1) is 12.2 Å². The maximum atomic E-state index is 6.04. The van der Waals surface area contributed by atoms with E-state index in [1.54, 1.807) is 0 Å². The van der Waals surface area contributed by atoms with Gasteiger partial charge in [-0.3, -0.25) is 0 Å². The molecule has 0 aromatic carbocycles. The third kappa shape index (κ3) is 3.93. The molecule has 2 aliphatic heterocycles. The Morgan fingerprint density at radius 3 is 2.63 bits per heavy atom. The minimum Gasteiger partial charge on any atom is -0.378 e. The average Bonchev–Trinajstić information content (AvgIpc) is 2.83. The van der Waals surface area contributed by atoms with Gasteiger partial charge in [-0.05, 0) is 37.1 Å². The van der Waals surface area contributed by atoms with Crippen LogP contribution in [0.3, 0.4) is 0 Å². The van der Waals surface area contributed by atoms with Crippen molar-refractivity contribution >= 4 is 0 Å². The van der Waals surface area contributed by atoms with E-state index in [4.69, 9.17) is 9.47 Å². The fourth-order valence-electron chi connectivity index (χ4n) is 3.45. The summed E-state index contributed by atoms with van der Waals surface area (Å²) in [4.78, 5) is 0. The van der Waals surface area contributed by atoms with Crippen LogP contribution in [0.5, 0.6) is 0 Å². The lowest BCUT2D eigenvalue weighted by Crippen LogP contribution is -2.43. The molecule has 0 aromatic rings. The van der Waals surface area contributed by atoms with Crippen molar-refractivity contribution in [2.45, 2.75) is 58.6 Å². The van der Waals surface area contributed by atoms with Crippen LogP contribution in [0.25, 0.3) is 0 Å². The van der Waals surface area contributed by atoms with E-state index in [0.717, 1.165) is 50.5 Å². The Labute approximate surface area is 118 Å². The van der Waals surface area contributed by atoms with Crippen LogP contribution in [0.2, 0.25) is 0 Å². The van der Waals surface area contributed by atoms with Crippen molar-refractivity contribution in [3.05, 3.63) is 0 Å². The molecule has 0 aliphatic carbocycles. The molecule has 0 bridgehead atoms. The summed E-state index contributed by atoms with van der Waals surface area (Å²) in [6.07, 6.45) is 3.50. The summed E-state index contributed by atoms with van der Waals surface area (Å²) in [5.74, 6) is 2.27. The van der Waals surface area contributed by atoms with Crippen LogP contribution < -0.4 is 5.32 Å². The second-order valence-corrected chi connectivity index (χ2v) is 6.99. The molecule has 0 aromatic heterocycles. The van der Waals surface area contributed by atoms with Crippen molar-refractivity contribution in [3.8, 4) is 0 Å². The molecular weight excluding hydrogens is 238 g/mol. The van der Waals surface area contributed by atoms with E-state index in [2.05, 4.69) is 33.0 Å². The molecule has 2 rings (SSSR count). The topological polar surface area (TPSA) is 30.5 Å². The van der Waals surface area contributed by atoms with Crippen LogP contribution in [0.1, 0.15) is 47.0 Å². The predicted molar refractivity (Wildman–Crippen MR) is 78.3 cm³/mol. The predicted octanol–water partition coefficient (Wildman–Crippen LogP) is 2.84. The highest BCUT2D eigenvalue weighted by Crippen LogP contribution is 2.40. The first-order valence-corrected chi connectivity index (χ1v) is 7.97. The fraction of sp³-hybridized carbons (Fsp3) is 1.00. The lowest BCUT2D eigenvalue weighted by Gasteiger charge is -2.41. The zero-order valence-corrected chi connectivity index (χ0v) is 13.1. The molecule has 1 spiro atoms. The van der Waals surface area contributed by atoms with E-state index in [1.165, 1.54) is 12.8 Å². The standard InChI is InChI=1S/C16H31NO2/c1-12(2)17-10-13(3)14(4)15-5-7-19-16(9-15)6-8-18-11-16/h12-15,17H,5-11H2,1-4H3. The first kappa shape index (κ1) is 15.3. The summed E-state index contributed by atoms with van der Waals surface area (Å²) in [5.41, 5.74) is 0.0579. The van der Waals surface area contributed by atoms with Gasteiger partial charge in [-0.2, -0.15) is 0 Å². The van der Waals surface area contributed by atoms with Gasteiger partial charge in [0.2, 0.25) is 0 Å². The van der Waals surface area contributed by atoms with Gasteiger partial charge in [0.15, 0.2) is 0 Å². The van der Waals surface area contributed by atoms with Crippen molar-refractivity contribution in [3.63, 3.8) is 0 Å². The van der Waals surface area contributed by atoms with E-state index in [1.807, 2.05) is 0 Å². The normalized spacial score (nSPS) is 34.9. The number of hydrogen-bond donors (Lipinski definition) is 1. The largest absolute Gasteiger partial charge is 0.378 e. The van der Waals surface area contributed by atoms with Crippen LogP contribution in [0.15, 0.2) is 0 Å². The Balaban J connectivity index is 1.85. The van der Waals surface area contributed by atoms with E-state index in [9.17, 15) is 0 Å². The van der Waals surface area contributed by atoms with Crippen LogP contribution in [-0.2, 0) is 9.47 Å². The van der Waals surface area contributed by atoms with Gasteiger partial charge >= 0.3 is 0 Å². The van der Waals surface area contributed by atoms with Crippen molar-refractivity contribution in [2.75, 3.05) is 26.4 Å².